The van der Waals surface area contributed by atoms with E-state index < -0.39 is 0 Å². The van der Waals surface area contributed by atoms with Gasteiger partial charge in [0, 0.05) is 44.3 Å². The maximum atomic E-state index is 6.30. The first kappa shape index (κ1) is 27.5. The van der Waals surface area contributed by atoms with Crippen molar-refractivity contribution in [2.45, 2.75) is 0 Å². The molecule has 0 saturated carbocycles. The molecule has 0 amide bonds. The Balaban J connectivity index is 1.23. The zero-order chi connectivity index (χ0) is 32.3. The number of anilines is 3. The molecule has 0 unspecified atom stereocenters. The molecular formula is C46H30N2O. The van der Waals surface area contributed by atoms with E-state index in [9.17, 15) is 0 Å². The van der Waals surface area contributed by atoms with Gasteiger partial charge in [-0.05, 0) is 88.6 Å². The Labute approximate surface area is 283 Å². The fourth-order valence-corrected chi connectivity index (χ4v) is 7.50. The fourth-order valence-electron chi connectivity index (χ4n) is 7.50. The molecule has 0 aliphatic rings. The fraction of sp³-hybridized carbons (Fsp3) is 0. The second-order valence-corrected chi connectivity index (χ2v) is 12.6. The molecule has 0 N–H and O–H groups in total. The largest absolute Gasteiger partial charge is 0.456 e. The Morgan fingerprint density at radius 2 is 1.00 bits per heavy atom. The Morgan fingerprint density at radius 3 is 1.84 bits per heavy atom. The molecule has 0 atom stereocenters. The zero-order valence-electron chi connectivity index (χ0n) is 26.6. The van der Waals surface area contributed by atoms with Crippen molar-refractivity contribution in [3.8, 4) is 16.8 Å². The first-order valence-corrected chi connectivity index (χ1v) is 16.7. The lowest BCUT2D eigenvalue weighted by atomic mass is 10.0. The Bertz CT molecular complexity index is 2810. The van der Waals surface area contributed by atoms with Gasteiger partial charge in [-0.1, -0.05) is 115 Å². The Kier molecular flexibility index (Phi) is 6.18. The lowest BCUT2D eigenvalue weighted by Gasteiger charge is -2.26. The van der Waals surface area contributed by atoms with E-state index in [0.717, 1.165) is 44.7 Å². The molecule has 0 bridgehead atoms. The second kappa shape index (κ2) is 11.0. The van der Waals surface area contributed by atoms with E-state index in [1.807, 2.05) is 12.1 Å². The number of furan rings is 1. The summed E-state index contributed by atoms with van der Waals surface area (Å²) in [7, 11) is 0. The van der Waals surface area contributed by atoms with E-state index in [1.165, 1.54) is 43.7 Å². The van der Waals surface area contributed by atoms with Crippen LogP contribution < -0.4 is 4.90 Å². The van der Waals surface area contributed by atoms with Gasteiger partial charge >= 0.3 is 0 Å². The molecule has 0 radical (unpaired) electrons. The van der Waals surface area contributed by atoms with Crippen LogP contribution in [0.25, 0.3) is 71.3 Å². The minimum Gasteiger partial charge on any atom is -0.456 e. The molecule has 2 heterocycles. The topological polar surface area (TPSA) is 21.3 Å². The molecule has 230 valence electrons. The molecular weight excluding hydrogens is 597 g/mol. The van der Waals surface area contributed by atoms with Gasteiger partial charge in [0.05, 0.1) is 11.0 Å². The van der Waals surface area contributed by atoms with Crippen LogP contribution in [-0.2, 0) is 0 Å². The number of rotatable bonds is 5. The number of aromatic nitrogens is 1. The van der Waals surface area contributed by atoms with Gasteiger partial charge in [0.2, 0.25) is 0 Å². The van der Waals surface area contributed by atoms with Gasteiger partial charge in [-0.2, -0.15) is 0 Å². The average Bonchev–Trinajstić information content (AvgIpc) is 3.72. The van der Waals surface area contributed by atoms with Gasteiger partial charge in [-0.3, -0.25) is 0 Å². The second-order valence-electron chi connectivity index (χ2n) is 12.6. The summed E-state index contributed by atoms with van der Waals surface area (Å²) in [6, 6.07) is 65.0. The van der Waals surface area contributed by atoms with Crippen molar-refractivity contribution in [3.63, 3.8) is 0 Å². The van der Waals surface area contributed by atoms with E-state index in [4.69, 9.17) is 4.42 Å². The average molecular weight is 627 g/mol. The Morgan fingerprint density at radius 1 is 0.388 bits per heavy atom. The maximum Gasteiger partial charge on any atom is 0.136 e. The molecule has 8 aromatic carbocycles. The zero-order valence-corrected chi connectivity index (χ0v) is 26.6. The summed E-state index contributed by atoms with van der Waals surface area (Å²) in [5, 5.41) is 7.10. The summed E-state index contributed by atoms with van der Waals surface area (Å²) in [5.41, 5.74) is 11.0. The van der Waals surface area contributed by atoms with Crippen LogP contribution in [0.15, 0.2) is 186 Å². The highest BCUT2D eigenvalue weighted by Gasteiger charge is 2.19. The summed E-state index contributed by atoms with van der Waals surface area (Å²) in [4.78, 5) is 2.38. The van der Waals surface area contributed by atoms with Gasteiger partial charge in [0.1, 0.15) is 11.2 Å². The summed E-state index contributed by atoms with van der Waals surface area (Å²) in [6.45, 7) is 0. The summed E-state index contributed by atoms with van der Waals surface area (Å²) in [5.74, 6) is 0. The van der Waals surface area contributed by atoms with Crippen LogP contribution in [-0.4, -0.2) is 4.57 Å². The van der Waals surface area contributed by atoms with Crippen LogP contribution >= 0.6 is 0 Å². The molecule has 10 rings (SSSR count). The number of benzene rings is 8. The molecule has 0 aliphatic carbocycles. The molecule has 0 saturated heterocycles. The summed E-state index contributed by atoms with van der Waals surface area (Å²) in [6.07, 6.45) is 0. The SMILES string of the molecule is c1ccc(-c2ccc(N(c3ccc4ccc5oc6ccccc6c5c4c3)c3ccc4c5ccccc5n(-c5ccccc5)c4c3)cc2)cc1. The summed E-state index contributed by atoms with van der Waals surface area (Å²) >= 11 is 0. The normalized spacial score (nSPS) is 11.7. The molecule has 2 aromatic heterocycles. The van der Waals surface area contributed by atoms with E-state index in [2.05, 4.69) is 179 Å². The lowest BCUT2D eigenvalue weighted by Crippen LogP contribution is -2.10. The molecule has 0 fully saturated rings. The third-order valence-corrected chi connectivity index (χ3v) is 9.76. The minimum absolute atomic E-state index is 0.901. The van der Waals surface area contributed by atoms with E-state index in [1.54, 1.807) is 0 Å². The van der Waals surface area contributed by atoms with Crippen molar-refractivity contribution in [1.29, 1.82) is 0 Å². The van der Waals surface area contributed by atoms with E-state index in [0.29, 0.717) is 0 Å². The number of nitrogens with zero attached hydrogens (tertiary/aromatic N) is 2. The van der Waals surface area contributed by atoms with Gasteiger partial charge in [-0.25, -0.2) is 0 Å². The van der Waals surface area contributed by atoms with E-state index in [-0.39, 0.29) is 0 Å². The summed E-state index contributed by atoms with van der Waals surface area (Å²) < 4.78 is 8.68. The predicted molar refractivity (Wildman–Crippen MR) is 206 cm³/mol. The number of hydrogen-bond acceptors (Lipinski definition) is 2. The minimum atomic E-state index is 0.901. The first-order valence-electron chi connectivity index (χ1n) is 16.7. The van der Waals surface area contributed by atoms with Crippen molar-refractivity contribution in [1.82, 2.24) is 4.57 Å². The standard InChI is InChI=1S/C46H30N2O/c1-3-11-31(12-4-1)32-19-23-35(24-20-32)47(36-25-21-33-22-28-45-46(41(33)29-36)40-16-8-10-18-44(40)49-45)37-26-27-39-38-15-7-9-17-42(38)48(43(39)30-37)34-13-5-2-6-14-34/h1-30H. The molecule has 0 aliphatic heterocycles. The number of fused-ring (bicyclic) bond motifs is 8. The molecule has 10 aromatic rings. The smallest absolute Gasteiger partial charge is 0.136 e. The van der Waals surface area contributed by atoms with Gasteiger partial charge in [-0.15, -0.1) is 0 Å². The van der Waals surface area contributed by atoms with Crippen LogP contribution in [0, 0.1) is 0 Å². The molecule has 3 nitrogen and oxygen atoms in total. The third kappa shape index (κ3) is 4.44. The van der Waals surface area contributed by atoms with Crippen molar-refractivity contribution in [2.75, 3.05) is 4.90 Å². The van der Waals surface area contributed by atoms with Crippen LogP contribution in [0.4, 0.5) is 17.1 Å². The predicted octanol–water partition coefficient (Wildman–Crippen LogP) is 13.0. The van der Waals surface area contributed by atoms with Crippen LogP contribution in [0.1, 0.15) is 0 Å². The highest BCUT2D eigenvalue weighted by molar-refractivity contribution is 6.19. The maximum absolute atomic E-state index is 6.30. The van der Waals surface area contributed by atoms with Crippen LogP contribution in [0.3, 0.4) is 0 Å². The quantitative estimate of drug-likeness (QED) is 0.190. The van der Waals surface area contributed by atoms with Crippen molar-refractivity contribution < 1.29 is 4.42 Å². The van der Waals surface area contributed by atoms with Gasteiger partial charge in [0.15, 0.2) is 0 Å². The van der Waals surface area contributed by atoms with Crippen molar-refractivity contribution >= 4 is 71.6 Å². The van der Waals surface area contributed by atoms with Crippen molar-refractivity contribution in [3.05, 3.63) is 182 Å². The molecule has 0 spiro atoms. The highest BCUT2D eigenvalue weighted by Crippen LogP contribution is 2.42. The number of hydrogen-bond donors (Lipinski definition) is 0. The van der Waals surface area contributed by atoms with Crippen LogP contribution in [0.2, 0.25) is 0 Å². The third-order valence-electron chi connectivity index (χ3n) is 9.76. The monoisotopic (exact) mass is 626 g/mol. The van der Waals surface area contributed by atoms with Gasteiger partial charge < -0.3 is 13.9 Å². The Hall–Kier alpha value is -6.58. The number of para-hydroxylation sites is 3. The highest BCUT2D eigenvalue weighted by atomic mass is 16.3. The molecule has 3 heteroatoms. The van der Waals surface area contributed by atoms with Crippen molar-refractivity contribution in [2.24, 2.45) is 0 Å². The first-order chi connectivity index (χ1) is 24.3. The molecule has 49 heavy (non-hydrogen) atoms. The van der Waals surface area contributed by atoms with E-state index >= 15 is 0 Å². The van der Waals surface area contributed by atoms with Gasteiger partial charge in [0.25, 0.3) is 0 Å². The lowest BCUT2D eigenvalue weighted by molar-refractivity contribution is 0.669. The van der Waals surface area contributed by atoms with Crippen LogP contribution in [0.5, 0.6) is 0 Å².